The van der Waals surface area contributed by atoms with Gasteiger partial charge in [0.25, 0.3) is 0 Å². The fourth-order valence-corrected chi connectivity index (χ4v) is 1.10. The van der Waals surface area contributed by atoms with Crippen LogP contribution >= 0.6 is 0 Å². The summed E-state index contributed by atoms with van der Waals surface area (Å²) in [5.41, 5.74) is -0.492. The van der Waals surface area contributed by atoms with Gasteiger partial charge in [0.2, 0.25) is 5.91 Å². The average Bonchev–Trinajstić information content (AvgIpc) is 2.08. The normalized spacial score (nSPS) is 13.3. The van der Waals surface area contributed by atoms with Gasteiger partial charge in [-0.25, -0.2) is 4.79 Å². The minimum atomic E-state index is -1.01. The van der Waals surface area contributed by atoms with Gasteiger partial charge in [0.05, 0.1) is 6.54 Å². The van der Waals surface area contributed by atoms with E-state index in [-0.39, 0.29) is 12.5 Å². The Morgan fingerprint density at radius 3 is 2.20 bits per heavy atom. The van der Waals surface area contributed by atoms with Gasteiger partial charge in [-0.2, -0.15) is 0 Å². The van der Waals surface area contributed by atoms with E-state index in [1.807, 2.05) is 6.92 Å². The number of rotatable bonds is 5. The Kier molecular flexibility index (Phi) is 5.28. The van der Waals surface area contributed by atoms with E-state index in [9.17, 15) is 9.59 Å². The highest BCUT2D eigenvalue weighted by atomic mass is 16.4. The van der Waals surface area contributed by atoms with Gasteiger partial charge in [-0.15, -0.1) is 0 Å². The number of nitrogens with one attached hydrogen (secondary N) is 2. The number of likely N-dealkylation sites (N-methyl/N-ethyl adjacent to an activating group) is 1. The molecule has 0 aliphatic carbocycles. The molecule has 0 radical (unpaired) electrons. The summed E-state index contributed by atoms with van der Waals surface area (Å²) in [5.74, 6) is -1.30. The first-order chi connectivity index (χ1) is 6.79. The van der Waals surface area contributed by atoms with Gasteiger partial charge in [-0.1, -0.05) is 27.7 Å². The molecule has 0 saturated heterocycles. The van der Waals surface area contributed by atoms with Gasteiger partial charge in [0, 0.05) is 0 Å². The summed E-state index contributed by atoms with van der Waals surface area (Å²) in [5, 5.41) is 14.3. The summed E-state index contributed by atoms with van der Waals surface area (Å²) in [6.07, 6.45) is 0. The lowest BCUT2D eigenvalue weighted by molar-refractivity contribution is -0.144. The summed E-state index contributed by atoms with van der Waals surface area (Å²) < 4.78 is 0. The molecule has 1 unspecified atom stereocenters. The lowest BCUT2D eigenvalue weighted by atomic mass is 9.87. The van der Waals surface area contributed by atoms with Crippen molar-refractivity contribution in [1.82, 2.24) is 10.6 Å². The van der Waals surface area contributed by atoms with Crippen LogP contribution in [0.15, 0.2) is 0 Å². The zero-order valence-electron chi connectivity index (χ0n) is 9.76. The van der Waals surface area contributed by atoms with E-state index >= 15 is 0 Å². The number of hydrogen-bond donors (Lipinski definition) is 3. The predicted molar refractivity (Wildman–Crippen MR) is 57.6 cm³/mol. The molecule has 0 aromatic rings. The third kappa shape index (κ3) is 5.37. The van der Waals surface area contributed by atoms with Crippen LogP contribution in [0.5, 0.6) is 0 Å². The highest BCUT2D eigenvalue weighted by molar-refractivity contribution is 5.85. The van der Waals surface area contributed by atoms with E-state index in [1.54, 1.807) is 20.8 Å². The van der Waals surface area contributed by atoms with E-state index in [1.165, 1.54) is 0 Å². The van der Waals surface area contributed by atoms with E-state index in [0.717, 1.165) is 0 Å². The molecule has 0 saturated carbocycles. The molecule has 3 N–H and O–H groups in total. The Balaban J connectivity index is 4.31. The molecule has 0 spiro atoms. The van der Waals surface area contributed by atoms with Gasteiger partial charge in [0.1, 0.15) is 6.04 Å². The van der Waals surface area contributed by atoms with Crippen LogP contribution in [0.3, 0.4) is 0 Å². The molecule has 5 nitrogen and oxygen atoms in total. The van der Waals surface area contributed by atoms with E-state index in [2.05, 4.69) is 10.6 Å². The van der Waals surface area contributed by atoms with Gasteiger partial charge in [0.15, 0.2) is 0 Å². The zero-order valence-corrected chi connectivity index (χ0v) is 9.76. The Morgan fingerprint density at radius 2 is 1.87 bits per heavy atom. The van der Waals surface area contributed by atoms with Gasteiger partial charge >= 0.3 is 5.97 Å². The third-order valence-electron chi connectivity index (χ3n) is 1.95. The van der Waals surface area contributed by atoms with Crippen LogP contribution in [0, 0.1) is 5.41 Å². The lowest BCUT2D eigenvalue weighted by Gasteiger charge is -2.27. The SMILES string of the molecule is CCNCC(=O)NC(C(=O)O)C(C)(C)C. The molecule has 1 amide bonds. The van der Waals surface area contributed by atoms with Crippen LogP contribution in [-0.4, -0.2) is 36.1 Å². The standard InChI is InChI=1S/C10H20N2O3/c1-5-11-6-7(13)12-8(9(14)15)10(2,3)4/h8,11H,5-6H2,1-4H3,(H,12,13)(H,14,15). The van der Waals surface area contributed by atoms with Crippen molar-refractivity contribution in [2.75, 3.05) is 13.1 Å². The van der Waals surface area contributed by atoms with E-state index < -0.39 is 17.4 Å². The van der Waals surface area contributed by atoms with Crippen LogP contribution in [-0.2, 0) is 9.59 Å². The van der Waals surface area contributed by atoms with Crippen molar-refractivity contribution in [2.45, 2.75) is 33.7 Å². The molecular weight excluding hydrogens is 196 g/mol. The molecule has 0 aliphatic rings. The number of carbonyl (C=O) groups is 2. The van der Waals surface area contributed by atoms with Crippen LogP contribution in [0.4, 0.5) is 0 Å². The smallest absolute Gasteiger partial charge is 0.326 e. The average molecular weight is 216 g/mol. The largest absolute Gasteiger partial charge is 0.480 e. The number of carbonyl (C=O) groups excluding carboxylic acids is 1. The minimum absolute atomic E-state index is 0.149. The molecule has 0 rings (SSSR count). The van der Waals surface area contributed by atoms with Crippen LogP contribution in [0.2, 0.25) is 0 Å². The van der Waals surface area contributed by atoms with Gasteiger partial charge in [-0.3, -0.25) is 4.79 Å². The molecular formula is C10H20N2O3. The number of aliphatic carboxylic acids is 1. The van der Waals surface area contributed by atoms with Crippen molar-refractivity contribution in [2.24, 2.45) is 5.41 Å². The molecule has 1 atom stereocenters. The molecule has 0 aromatic carbocycles. The number of hydrogen-bond acceptors (Lipinski definition) is 3. The minimum Gasteiger partial charge on any atom is -0.480 e. The summed E-state index contributed by atoms with van der Waals surface area (Å²) in [6.45, 7) is 8.04. The van der Waals surface area contributed by atoms with Crippen molar-refractivity contribution in [1.29, 1.82) is 0 Å². The molecule has 5 heteroatoms. The predicted octanol–water partition coefficient (Wildman–Crippen LogP) is 0.211. The fraction of sp³-hybridized carbons (Fsp3) is 0.800. The molecule has 88 valence electrons. The maximum absolute atomic E-state index is 11.3. The number of carboxylic acid groups (broad SMARTS) is 1. The van der Waals surface area contributed by atoms with Gasteiger partial charge < -0.3 is 15.7 Å². The molecule has 15 heavy (non-hydrogen) atoms. The molecule has 0 aromatic heterocycles. The van der Waals surface area contributed by atoms with Crippen molar-refractivity contribution in [3.8, 4) is 0 Å². The van der Waals surface area contributed by atoms with Crippen molar-refractivity contribution in [3.63, 3.8) is 0 Å². The quantitative estimate of drug-likeness (QED) is 0.614. The highest BCUT2D eigenvalue weighted by Crippen LogP contribution is 2.19. The highest BCUT2D eigenvalue weighted by Gasteiger charge is 2.32. The summed E-state index contributed by atoms with van der Waals surface area (Å²) in [7, 11) is 0. The first-order valence-electron chi connectivity index (χ1n) is 5.02. The Bertz CT molecular complexity index is 233. The molecule has 0 bridgehead atoms. The summed E-state index contributed by atoms with van der Waals surface area (Å²) in [6, 6.07) is -0.858. The fourth-order valence-electron chi connectivity index (χ4n) is 1.10. The maximum Gasteiger partial charge on any atom is 0.326 e. The number of carboxylic acids is 1. The molecule has 0 fully saturated rings. The van der Waals surface area contributed by atoms with E-state index in [4.69, 9.17) is 5.11 Å². The van der Waals surface area contributed by atoms with Crippen LogP contribution in [0.25, 0.3) is 0 Å². The third-order valence-corrected chi connectivity index (χ3v) is 1.95. The first kappa shape index (κ1) is 13.9. The van der Waals surface area contributed by atoms with Gasteiger partial charge in [-0.05, 0) is 12.0 Å². The first-order valence-corrected chi connectivity index (χ1v) is 5.02. The monoisotopic (exact) mass is 216 g/mol. The van der Waals surface area contributed by atoms with Crippen molar-refractivity contribution < 1.29 is 14.7 Å². The zero-order chi connectivity index (χ0) is 12.1. The second kappa shape index (κ2) is 5.70. The number of amides is 1. The Morgan fingerprint density at radius 1 is 1.33 bits per heavy atom. The summed E-state index contributed by atoms with van der Waals surface area (Å²) >= 11 is 0. The summed E-state index contributed by atoms with van der Waals surface area (Å²) in [4.78, 5) is 22.2. The maximum atomic E-state index is 11.3. The van der Waals surface area contributed by atoms with Crippen molar-refractivity contribution >= 4 is 11.9 Å². The molecule has 0 heterocycles. The van der Waals surface area contributed by atoms with E-state index in [0.29, 0.717) is 6.54 Å². The Hall–Kier alpha value is -1.10. The Labute approximate surface area is 90.2 Å². The van der Waals surface area contributed by atoms with Crippen LogP contribution < -0.4 is 10.6 Å². The molecule has 0 aliphatic heterocycles. The van der Waals surface area contributed by atoms with Crippen LogP contribution in [0.1, 0.15) is 27.7 Å². The second-order valence-corrected chi connectivity index (χ2v) is 4.49. The lowest BCUT2D eigenvalue weighted by Crippen LogP contribution is -2.51. The topological polar surface area (TPSA) is 78.4 Å². The second-order valence-electron chi connectivity index (χ2n) is 4.49. The van der Waals surface area contributed by atoms with Crippen molar-refractivity contribution in [3.05, 3.63) is 0 Å².